The Morgan fingerprint density at radius 3 is 2.51 bits per heavy atom. The fraction of sp³-hybridized carbons (Fsp3) is 0.545. The maximum absolute atomic E-state index is 12.9. The number of benzene rings is 1. The summed E-state index contributed by atoms with van der Waals surface area (Å²) >= 11 is 1.08. The van der Waals surface area contributed by atoms with Crippen molar-refractivity contribution in [2.24, 2.45) is 0 Å². The van der Waals surface area contributed by atoms with Crippen LogP contribution >= 0.6 is 19.8 Å². The molecule has 3 aliphatic rings. The molecule has 2 N–H and O–H groups in total. The minimum Gasteiger partial charge on any atom is -0.367 e. The molecule has 5 heterocycles. The number of aryl methyl sites for hydroxylation is 1. The molecule has 47 heavy (non-hydrogen) atoms. The number of aromatic nitrogens is 3. The summed E-state index contributed by atoms with van der Waals surface area (Å²) < 4.78 is 49.9. The lowest BCUT2D eigenvalue weighted by molar-refractivity contribution is -0.126. The number of rotatable bonds is 8. The Kier molecular flexibility index (Phi) is 10.2. The fourth-order valence-electron chi connectivity index (χ4n) is 7.08. The second-order valence-electron chi connectivity index (χ2n) is 12.8. The van der Waals surface area contributed by atoms with Gasteiger partial charge >= 0.3 is 6.18 Å². The zero-order chi connectivity index (χ0) is 33.2. The summed E-state index contributed by atoms with van der Waals surface area (Å²) in [5.41, 5.74) is 4.58. The highest BCUT2D eigenvalue weighted by Crippen LogP contribution is 2.44. The molecule has 0 bridgehead atoms. The number of fused-ring (bicyclic) bond motifs is 2. The van der Waals surface area contributed by atoms with E-state index in [1.165, 1.54) is 35.7 Å². The van der Waals surface area contributed by atoms with E-state index >= 15 is 0 Å². The highest BCUT2D eigenvalue weighted by Gasteiger charge is 2.48. The maximum atomic E-state index is 12.9. The highest BCUT2D eigenvalue weighted by atomic mass is 32.1. The van der Waals surface area contributed by atoms with Crippen LogP contribution in [0.2, 0.25) is 0 Å². The van der Waals surface area contributed by atoms with E-state index in [1.54, 1.807) is 12.7 Å². The average molecular weight is 685 g/mol. The van der Waals surface area contributed by atoms with Crippen LogP contribution in [0.1, 0.15) is 47.4 Å². The normalized spacial score (nSPS) is 19.1. The van der Waals surface area contributed by atoms with E-state index in [-0.39, 0.29) is 24.9 Å². The number of likely N-dealkylation sites (tertiary alicyclic amines) is 1. The minimum atomic E-state index is -4.25. The van der Waals surface area contributed by atoms with Crippen molar-refractivity contribution in [1.29, 1.82) is 5.26 Å². The first kappa shape index (κ1) is 33.7. The SMILES string of the molecule is CP=O.Cc1c(CN2CCC(Nc3ncnc4sc(CC(F)(F)F)cc34)CC2)ccc2c1cc(C#N)n2CC1(N2CCNCC2)CC1. The molecule has 0 unspecified atom stereocenters. The van der Waals surface area contributed by atoms with Crippen LogP contribution in [0.15, 0.2) is 30.6 Å². The average Bonchev–Trinajstić information content (AvgIpc) is 3.59. The van der Waals surface area contributed by atoms with E-state index in [0.29, 0.717) is 16.0 Å². The number of hydrogen-bond donors (Lipinski definition) is 2. The lowest BCUT2D eigenvalue weighted by Crippen LogP contribution is -2.51. The van der Waals surface area contributed by atoms with Crippen molar-refractivity contribution in [3.05, 3.63) is 52.3 Å². The summed E-state index contributed by atoms with van der Waals surface area (Å²) in [6.45, 7) is 11.4. The lowest BCUT2D eigenvalue weighted by atomic mass is 10.0. The third kappa shape index (κ3) is 7.63. The molecule has 2 saturated heterocycles. The van der Waals surface area contributed by atoms with E-state index in [2.05, 4.69) is 66.2 Å². The van der Waals surface area contributed by atoms with E-state index in [1.807, 2.05) is 0 Å². The van der Waals surface area contributed by atoms with Crippen molar-refractivity contribution < 1.29 is 17.7 Å². The molecule has 0 amide bonds. The van der Waals surface area contributed by atoms with E-state index in [0.717, 1.165) is 87.7 Å². The van der Waals surface area contributed by atoms with Crippen molar-refractivity contribution in [3.63, 3.8) is 0 Å². The topological polar surface area (TPSA) is 102 Å². The van der Waals surface area contributed by atoms with Crippen LogP contribution in [-0.4, -0.2) is 88.0 Å². The van der Waals surface area contributed by atoms with Gasteiger partial charge in [-0.05, 0) is 61.9 Å². The molecule has 3 aromatic heterocycles. The number of anilines is 1. The molecule has 7 rings (SSSR count). The van der Waals surface area contributed by atoms with Crippen LogP contribution in [0.4, 0.5) is 19.0 Å². The molecule has 1 aliphatic carbocycles. The first-order chi connectivity index (χ1) is 22.6. The van der Waals surface area contributed by atoms with Crippen LogP contribution in [-0.2, 0) is 24.1 Å². The summed E-state index contributed by atoms with van der Waals surface area (Å²) in [6.07, 6.45) is 0.431. The Morgan fingerprint density at radius 1 is 1.13 bits per heavy atom. The Bertz CT molecular complexity index is 1770. The van der Waals surface area contributed by atoms with Crippen molar-refractivity contribution >= 4 is 46.7 Å². The van der Waals surface area contributed by atoms with Gasteiger partial charge in [0.25, 0.3) is 0 Å². The predicted octanol–water partition coefficient (Wildman–Crippen LogP) is 6.35. The lowest BCUT2D eigenvalue weighted by Gasteiger charge is -2.36. The molecule has 14 heteroatoms. The molecule has 2 aliphatic heterocycles. The zero-order valence-corrected chi connectivity index (χ0v) is 28.4. The van der Waals surface area contributed by atoms with Crippen LogP contribution in [0.5, 0.6) is 0 Å². The number of nitrogens with zero attached hydrogens (tertiary/aromatic N) is 6. The number of nitrogens with one attached hydrogen (secondary N) is 2. The number of piperidine rings is 1. The van der Waals surface area contributed by atoms with E-state index in [4.69, 9.17) is 4.57 Å². The van der Waals surface area contributed by atoms with Gasteiger partial charge in [0, 0.05) is 86.4 Å². The number of hydrogen-bond acceptors (Lipinski definition) is 9. The molecule has 0 atom stereocenters. The van der Waals surface area contributed by atoms with Gasteiger partial charge in [-0.1, -0.05) is 6.07 Å². The molecule has 3 fully saturated rings. The molecule has 0 radical (unpaired) electrons. The van der Waals surface area contributed by atoms with Crippen LogP contribution in [0.3, 0.4) is 0 Å². The van der Waals surface area contributed by atoms with Gasteiger partial charge < -0.3 is 15.2 Å². The van der Waals surface area contributed by atoms with E-state index in [9.17, 15) is 18.4 Å². The first-order valence-corrected chi connectivity index (χ1v) is 18.2. The van der Waals surface area contributed by atoms with Gasteiger partial charge in [0.15, 0.2) is 8.46 Å². The number of alkyl halides is 3. The van der Waals surface area contributed by atoms with Gasteiger partial charge in [0.05, 0.1) is 11.8 Å². The highest BCUT2D eigenvalue weighted by molar-refractivity contribution is 7.22. The van der Waals surface area contributed by atoms with Crippen LogP contribution in [0, 0.1) is 18.3 Å². The third-order valence-corrected chi connectivity index (χ3v) is 10.8. The summed E-state index contributed by atoms with van der Waals surface area (Å²) in [5.74, 6) is 0.613. The van der Waals surface area contributed by atoms with Crippen molar-refractivity contribution in [2.45, 2.75) is 69.9 Å². The zero-order valence-electron chi connectivity index (χ0n) is 26.7. The van der Waals surface area contributed by atoms with Crippen molar-refractivity contribution in [1.82, 2.24) is 29.7 Å². The second-order valence-corrected chi connectivity index (χ2v) is 14.3. The summed E-state index contributed by atoms with van der Waals surface area (Å²) in [4.78, 5) is 14.5. The molecule has 250 valence electrons. The Labute approximate surface area is 278 Å². The largest absolute Gasteiger partial charge is 0.393 e. The molecule has 1 saturated carbocycles. The van der Waals surface area contributed by atoms with Crippen LogP contribution < -0.4 is 10.6 Å². The second kappa shape index (κ2) is 14.1. The van der Waals surface area contributed by atoms with Gasteiger partial charge in [-0.3, -0.25) is 14.4 Å². The molecule has 9 nitrogen and oxygen atoms in total. The molecule has 0 spiro atoms. The number of halogens is 3. The van der Waals surface area contributed by atoms with Gasteiger partial charge in [-0.15, -0.1) is 11.3 Å². The predicted molar refractivity (Wildman–Crippen MR) is 180 cm³/mol. The number of nitriles is 1. The van der Waals surface area contributed by atoms with Gasteiger partial charge in [-0.25, -0.2) is 9.97 Å². The third-order valence-electron chi connectivity index (χ3n) is 9.73. The summed E-state index contributed by atoms with van der Waals surface area (Å²) in [5, 5.41) is 18.8. The Hall–Kier alpha value is -3.14. The maximum Gasteiger partial charge on any atom is 0.393 e. The van der Waals surface area contributed by atoms with Crippen LogP contribution in [0.25, 0.3) is 21.1 Å². The van der Waals surface area contributed by atoms with Gasteiger partial charge in [0.2, 0.25) is 0 Å². The number of piperazine rings is 1. The van der Waals surface area contributed by atoms with E-state index < -0.39 is 12.6 Å². The molecular formula is C33H40F3N8OPS. The quantitative estimate of drug-likeness (QED) is 0.207. The minimum absolute atomic E-state index is 0.167. The first-order valence-electron chi connectivity index (χ1n) is 16.1. The Morgan fingerprint density at radius 2 is 1.85 bits per heavy atom. The Balaban J connectivity index is 0.00000124. The summed E-state index contributed by atoms with van der Waals surface area (Å²) in [7, 11) is 0.167. The molecule has 4 aromatic rings. The number of thiophene rings is 1. The molecule has 1 aromatic carbocycles. The van der Waals surface area contributed by atoms with Gasteiger partial charge in [-0.2, -0.15) is 18.4 Å². The smallest absolute Gasteiger partial charge is 0.367 e. The fourth-order valence-corrected chi connectivity index (χ4v) is 8.11. The monoisotopic (exact) mass is 684 g/mol. The summed E-state index contributed by atoms with van der Waals surface area (Å²) in [6, 6.07) is 10.7. The standard InChI is InChI=1S/C32H37F3N8S.CH3OP/c1-21-22(2-3-28-26(21)14-24(17-36)43(28)19-31(6-7-31)42-12-8-37-9-13-42)18-41-10-4-23(5-11-41)40-29-27-15-25(16-32(33,34)35)44-30(27)39-20-38-29;1-3-2/h2-3,14-15,20,23,37H,4-13,16,18-19H2,1H3,(H,38,39,40);1H3. The van der Waals surface area contributed by atoms with Gasteiger partial charge in [0.1, 0.15) is 28.7 Å². The van der Waals surface area contributed by atoms with Crippen molar-refractivity contribution in [2.75, 3.05) is 51.3 Å². The molecular weight excluding hydrogens is 644 g/mol. The van der Waals surface area contributed by atoms with Crippen molar-refractivity contribution in [3.8, 4) is 6.07 Å².